The number of benzene rings is 1. The van der Waals surface area contributed by atoms with E-state index in [0.29, 0.717) is 23.1 Å². The highest BCUT2D eigenvalue weighted by Crippen LogP contribution is 2.31. The third kappa shape index (κ3) is 6.25. The van der Waals surface area contributed by atoms with E-state index in [1.165, 1.54) is 11.3 Å². The maximum absolute atomic E-state index is 12.0. The van der Waals surface area contributed by atoms with E-state index in [4.69, 9.17) is 9.47 Å². The number of nitrogens with one attached hydrogen (secondary N) is 1. The molecule has 7 heteroatoms. The number of amides is 1. The van der Waals surface area contributed by atoms with E-state index in [-0.39, 0.29) is 5.91 Å². The summed E-state index contributed by atoms with van der Waals surface area (Å²) in [6.45, 7) is 0. The topological polar surface area (TPSA) is 60.5 Å². The van der Waals surface area contributed by atoms with E-state index in [0.717, 1.165) is 42.7 Å². The van der Waals surface area contributed by atoms with Crippen molar-refractivity contribution in [1.82, 2.24) is 4.98 Å². The van der Waals surface area contributed by atoms with Crippen molar-refractivity contribution in [2.24, 2.45) is 0 Å². The Bertz CT molecular complexity index is 666. The number of nitrogens with zero attached hydrogens (tertiary/aromatic N) is 1. The molecular weight excluding hydrogens is 356 g/mol. The molecule has 1 amide bonds. The van der Waals surface area contributed by atoms with Crippen LogP contribution in [-0.2, 0) is 4.79 Å². The molecule has 2 rings (SSSR count). The van der Waals surface area contributed by atoms with Crippen LogP contribution in [0.25, 0.3) is 11.3 Å². The minimum atomic E-state index is 0.00926. The van der Waals surface area contributed by atoms with Crippen LogP contribution in [0.2, 0.25) is 0 Å². The van der Waals surface area contributed by atoms with E-state index in [9.17, 15) is 4.79 Å². The first-order valence-corrected chi connectivity index (χ1v) is 9.77. The lowest BCUT2D eigenvalue weighted by atomic mass is 10.1. The first-order valence-electron chi connectivity index (χ1n) is 8.26. The second-order valence-corrected chi connectivity index (χ2v) is 6.88. The molecule has 0 spiro atoms. The van der Waals surface area contributed by atoms with Crippen LogP contribution in [0.1, 0.15) is 32.1 Å². The fraction of sp³-hybridized carbons (Fsp3) is 0.444. The van der Waals surface area contributed by atoms with Gasteiger partial charge in [0.25, 0.3) is 0 Å². The molecular formula is C18H24N2O3S2. The molecule has 25 heavy (non-hydrogen) atoms. The van der Waals surface area contributed by atoms with E-state index < -0.39 is 0 Å². The highest BCUT2D eigenvalue weighted by Gasteiger charge is 2.10. The lowest BCUT2D eigenvalue weighted by Gasteiger charge is -2.06. The van der Waals surface area contributed by atoms with Gasteiger partial charge in [-0.1, -0.05) is 12.8 Å². The van der Waals surface area contributed by atoms with Gasteiger partial charge in [0, 0.05) is 23.4 Å². The molecule has 0 atom stereocenters. The average molecular weight is 381 g/mol. The zero-order chi connectivity index (χ0) is 18.1. The van der Waals surface area contributed by atoms with Gasteiger partial charge in [0.1, 0.15) is 11.5 Å². The van der Waals surface area contributed by atoms with Crippen molar-refractivity contribution in [3.8, 4) is 22.8 Å². The number of anilines is 1. The van der Waals surface area contributed by atoms with Gasteiger partial charge in [-0.2, -0.15) is 12.6 Å². The van der Waals surface area contributed by atoms with E-state index >= 15 is 0 Å². The fourth-order valence-electron chi connectivity index (χ4n) is 2.35. The molecule has 1 aromatic carbocycles. The Hall–Kier alpha value is -1.73. The van der Waals surface area contributed by atoms with Gasteiger partial charge in [-0.05, 0) is 30.7 Å². The Morgan fingerprint density at radius 3 is 2.44 bits per heavy atom. The molecule has 1 N–H and O–H groups in total. The molecule has 0 radical (unpaired) electrons. The highest BCUT2D eigenvalue weighted by atomic mass is 32.1. The number of hydrogen-bond acceptors (Lipinski definition) is 6. The minimum Gasteiger partial charge on any atom is -0.497 e. The van der Waals surface area contributed by atoms with E-state index in [1.54, 1.807) is 14.2 Å². The Balaban J connectivity index is 1.94. The van der Waals surface area contributed by atoms with Gasteiger partial charge >= 0.3 is 0 Å². The zero-order valence-electron chi connectivity index (χ0n) is 14.6. The van der Waals surface area contributed by atoms with Crippen LogP contribution >= 0.6 is 24.0 Å². The zero-order valence-corrected chi connectivity index (χ0v) is 16.3. The third-order valence-corrected chi connectivity index (χ3v) is 4.78. The summed E-state index contributed by atoms with van der Waals surface area (Å²) in [6.07, 6.45) is 4.69. The molecule has 0 bridgehead atoms. The summed E-state index contributed by atoms with van der Waals surface area (Å²) in [5.74, 6) is 2.32. The molecule has 136 valence electrons. The number of carbonyl (C=O) groups is 1. The Morgan fingerprint density at radius 1 is 1.12 bits per heavy atom. The number of unbranched alkanes of at least 4 members (excludes halogenated alkanes) is 3. The third-order valence-electron chi connectivity index (χ3n) is 3.71. The predicted molar refractivity (Wildman–Crippen MR) is 106 cm³/mol. The summed E-state index contributed by atoms with van der Waals surface area (Å²) in [6, 6.07) is 5.60. The minimum absolute atomic E-state index is 0.00926. The number of thiol groups is 1. The smallest absolute Gasteiger partial charge is 0.226 e. The van der Waals surface area contributed by atoms with Crippen LogP contribution in [0.15, 0.2) is 23.6 Å². The van der Waals surface area contributed by atoms with Crippen LogP contribution < -0.4 is 14.8 Å². The average Bonchev–Trinajstić information content (AvgIpc) is 3.09. The van der Waals surface area contributed by atoms with Gasteiger partial charge in [0.2, 0.25) is 5.91 Å². The summed E-state index contributed by atoms with van der Waals surface area (Å²) < 4.78 is 10.6. The van der Waals surface area contributed by atoms with Crippen molar-refractivity contribution < 1.29 is 14.3 Å². The maximum atomic E-state index is 12.0. The van der Waals surface area contributed by atoms with Crippen LogP contribution in [0.3, 0.4) is 0 Å². The molecule has 0 aliphatic carbocycles. The number of thiazole rings is 1. The summed E-state index contributed by atoms with van der Waals surface area (Å²) in [7, 11) is 3.23. The van der Waals surface area contributed by atoms with Gasteiger partial charge in [-0.15, -0.1) is 11.3 Å². The summed E-state index contributed by atoms with van der Waals surface area (Å²) in [4.78, 5) is 16.5. The summed E-state index contributed by atoms with van der Waals surface area (Å²) in [5, 5.41) is 5.39. The molecule has 0 aliphatic heterocycles. The molecule has 0 saturated carbocycles. The number of ether oxygens (including phenoxy) is 2. The van der Waals surface area contributed by atoms with Gasteiger partial charge in [-0.25, -0.2) is 4.98 Å². The number of carbonyl (C=O) groups excluding carboxylic acids is 1. The standard InChI is InChI=1S/C18H24N2O3S2/c1-22-14-9-13(10-15(11-14)23-2)16-12-25-18(19-16)20-17(21)7-5-3-4-6-8-24/h9-12,24H,3-8H2,1-2H3,(H,19,20,21). The lowest BCUT2D eigenvalue weighted by Crippen LogP contribution is -2.10. The van der Waals surface area contributed by atoms with Crippen molar-refractivity contribution in [2.75, 3.05) is 25.3 Å². The Morgan fingerprint density at radius 2 is 1.80 bits per heavy atom. The van der Waals surface area contributed by atoms with Gasteiger partial charge in [0.05, 0.1) is 19.9 Å². The largest absolute Gasteiger partial charge is 0.497 e. The highest BCUT2D eigenvalue weighted by molar-refractivity contribution is 7.80. The predicted octanol–water partition coefficient (Wildman–Crippen LogP) is 4.65. The quantitative estimate of drug-likeness (QED) is 0.465. The molecule has 0 aliphatic rings. The second-order valence-electron chi connectivity index (χ2n) is 5.58. The van der Waals surface area contributed by atoms with Crippen molar-refractivity contribution in [1.29, 1.82) is 0 Å². The van der Waals surface area contributed by atoms with Crippen LogP contribution in [-0.4, -0.2) is 30.9 Å². The monoisotopic (exact) mass is 380 g/mol. The SMILES string of the molecule is COc1cc(OC)cc(-c2csc(NC(=O)CCCCCCS)n2)c1. The van der Waals surface area contributed by atoms with E-state index in [2.05, 4.69) is 22.9 Å². The van der Waals surface area contributed by atoms with E-state index in [1.807, 2.05) is 23.6 Å². The van der Waals surface area contributed by atoms with Crippen molar-refractivity contribution in [3.05, 3.63) is 23.6 Å². The first kappa shape index (κ1) is 19.6. The van der Waals surface area contributed by atoms with Gasteiger partial charge in [0.15, 0.2) is 5.13 Å². The first-order chi connectivity index (χ1) is 12.2. The number of hydrogen-bond donors (Lipinski definition) is 2. The lowest BCUT2D eigenvalue weighted by molar-refractivity contribution is -0.116. The van der Waals surface area contributed by atoms with Crippen LogP contribution in [0.4, 0.5) is 5.13 Å². The van der Waals surface area contributed by atoms with Crippen LogP contribution in [0.5, 0.6) is 11.5 Å². The van der Waals surface area contributed by atoms with Crippen molar-refractivity contribution in [3.63, 3.8) is 0 Å². The molecule has 0 unspecified atom stereocenters. The number of aromatic nitrogens is 1. The molecule has 2 aromatic rings. The molecule has 0 fully saturated rings. The van der Waals surface area contributed by atoms with Crippen LogP contribution in [0, 0.1) is 0 Å². The number of methoxy groups -OCH3 is 2. The summed E-state index contributed by atoms with van der Waals surface area (Å²) in [5.41, 5.74) is 1.67. The second kappa shape index (κ2) is 10.3. The van der Waals surface area contributed by atoms with Gasteiger partial charge in [-0.3, -0.25) is 4.79 Å². The molecule has 5 nitrogen and oxygen atoms in total. The Kier molecular flexibility index (Phi) is 8.08. The normalized spacial score (nSPS) is 10.5. The molecule has 1 heterocycles. The summed E-state index contributed by atoms with van der Waals surface area (Å²) >= 11 is 5.60. The maximum Gasteiger partial charge on any atom is 0.226 e. The Labute approximate surface area is 158 Å². The molecule has 0 saturated heterocycles. The fourth-order valence-corrected chi connectivity index (χ4v) is 3.31. The number of rotatable bonds is 10. The van der Waals surface area contributed by atoms with Crippen molar-refractivity contribution in [2.45, 2.75) is 32.1 Å². The van der Waals surface area contributed by atoms with Crippen molar-refractivity contribution >= 4 is 35.0 Å². The molecule has 1 aromatic heterocycles. The van der Waals surface area contributed by atoms with Gasteiger partial charge < -0.3 is 14.8 Å².